The molecule has 0 radical (unpaired) electrons. The van der Waals surface area contributed by atoms with Crippen molar-refractivity contribution in [2.24, 2.45) is 0 Å². The summed E-state index contributed by atoms with van der Waals surface area (Å²) in [7, 11) is -0.607. The number of para-hydroxylation sites is 1. The summed E-state index contributed by atoms with van der Waals surface area (Å²) in [6.45, 7) is 1.90. The molecule has 2 rings (SSSR count). The number of sulfonamides is 1. The molecular formula is C18H23N3O3S2. The van der Waals surface area contributed by atoms with Crippen molar-refractivity contribution in [1.82, 2.24) is 4.31 Å². The van der Waals surface area contributed by atoms with Crippen LogP contribution in [-0.4, -0.2) is 45.5 Å². The number of benzene rings is 2. The van der Waals surface area contributed by atoms with Crippen molar-refractivity contribution in [3.05, 3.63) is 48.0 Å². The van der Waals surface area contributed by atoms with E-state index >= 15 is 0 Å². The third kappa shape index (κ3) is 4.78. The molecule has 140 valence electrons. The van der Waals surface area contributed by atoms with E-state index in [2.05, 4.69) is 10.6 Å². The topological polar surface area (TPSA) is 78.5 Å². The summed E-state index contributed by atoms with van der Waals surface area (Å²) in [6, 6.07) is 12.4. The standard InChI is InChI=1S/C18H23N3O3S2/c1-13-9-10-14(26(23,24)21(2)3)11-16(13)20-18(22)12-19-15-7-5-6-8-17(15)25-4/h5-11,19H,12H2,1-4H3,(H,20,22). The molecule has 2 aromatic carbocycles. The average Bonchev–Trinajstić information content (AvgIpc) is 2.61. The maximum Gasteiger partial charge on any atom is 0.243 e. The highest BCUT2D eigenvalue weighted by Crippen LogP contribution is 2.25. The molecule has 6 nitrogen and oxygen atoms in total. The Hall–Kier alpha value is -2.03. The molecule has 0 aromatic heterocycles. The minimum Gasteiger partial charge on any atom is -0.375 e. The lowest BCUT2D eigenvalue weighted by Gasteiger charge is -2.15. The monoisotopic (exact) mass is 393 g/mol. The number of nitrogens with one attached hydrogen (secondary N) is 2. The smallest absolute Gasteiger partial charge is 0.243 e. The first-order valence-electron chi connectivity index (χ1n) is 7.95. The van der Waals surface area contributed by atoms with Gasteiger partial charge in [0.2, 0.25) is 15.9 Å². The molecule has 0 aliphatic carbocycles. The van der Waals surface area contributed by atoms with Crippen LogP contribution in [0.15, 0.2) is 52.3 Å². The van der Waals surface area contributed by atoms with E-state index in [1.165, 1.54) is 26.2 Å². The molecule has 2 N–H and O–H groups in total. The maximum atomic E-state index is 12.3. The molecule has 0 unspecified atom stereocenters. The number of rotatable bonds is 7. The summed E-state index contributed by atoms with van der Waals surface area (Å²) in [5, 5.41) is 5.89. The summed E-state index contributed by atoms with van der Waals surface area (Å²) in [5.41, 5.74) is 2.16. The van der Waals surface area contributed by atoms with Gasteiger partial charge in [-0.1, -0.05) is 18.2 Å². The van der Waals surface area contributed by atoms with Gasteiger partial charge in [-0.3, -0.25) is 4.79 Å². The van der Waals surface area contributed by atoms with Gasteiger partial charge in [-0.15, -0.1) is 11.8 Å². The number of carbonyl (C=O) groups is 1. The summed E-state index contributed by atoms with van der Waals surface area (Å²) in [4.78, 5) is 13.5. The van der Waals surface area contributed by atoms with E-state index in [9.17, 15) is 13.2 Å². The quantitative estimate of drug-likeness (QED) is 0.707. The van der Waals surface area contributed by atoms with Gasteiger partial charge in [-0.2, -0.15) is 0 Å². The highest BCUT2D eigenvalue weighted by Gasteiger charge is 2.18. The molecule has 0 aliphatic heterocycles. The first-order chi connectivity index (χ1) is 12.3. The molecule has 2 aromatic rings. The Morgan fingerprint density at radius 2 is 1.81 bits per heavy atom. The lowest BCUT2D eigenvalue weighted by Crippen LogP contribution is -2.24. The Labute approximate surface area is 159 Å². The zero-order valence-electron chi connectivity index (χ0n) is 15.2. The fraction of sp³-hybridized carbons (Fsp3) is 0.278. The molecule has 0 saturated heterocycles. The SMILES string of the molecule is CSc1ccccc1NCC(=O)Nc1cc(S(=O)(=O)N(C)C)ccc1C. The van der Waals surface area contributed by atoms with E-state index in [1.54, 1.807) is 17.8 Å². The van der Waals surface area contributed by atoms with E-state index in [0.29, 0.717) is 5.69 Å². The van der Waals surface area contributed by atoms with Crippen molar-refractivity contribution in [2.75, 3.05) is 37.5 Å². The number of amides is 1. The summed E-state index contributed by atoms with van der Waals surface area (Å²) >= 11 is 1.60. The van der Waals surface area contributed by atoms with Crippen LogP contribution in [0, 0.1) is 6.92 Å². The Kier molecular flexibility index (Phi) is 6.69. The van der Waals surface area contributed by atoms with Gasteiger partial charge in [-0.05, 0) is 43.0 Å². The van der Waals surface area contributed by atoms with Crippen molar-refractivity contribution >= 4 is 39.1 Å². The number of thioether (sulfide) groups is 1. The van der Waals surface area contributed by atoms with Gasteiger partial charge in [0.15, 0.2) is 0 Å². The predicted molar refractivity (Wildman–Crippen MR) is 107 cm³/mol. The molecule has 26 heavy (non-hydrogen) atoms. The summed E-state index contributed by atoms with van der Waals surface area (Å²) < 4.78 is 25.7. The fourth-order valence-corrected chi connectivity index (χ4v) is 3.77. The lowest BCUT2D eigenvalue weighted by atomic mass is 10.2. The number of carbonyl (C=O) groups excluding carboxylic acids is 1. The molecule has 8 heteroatoms. The Morgan fingerprint density at radius 3 is 2.46 bits per heavy atom. The third-order valence-corrected chi connectivity index (χ3v) is 6.41. The van der Waals surface area contributed by atoms with Gasteiger partial charge in [0.1, 0.15) is 0 Å². The van der Waals surface area contributed by atoms with Gasteiger partial charge in [0.25, 0.3) is 0 Å². The molecule has 0 bridgehead atoms. The van der Waals surface area contributed by atoms with Gasteiger partial charge in [-0.25, -0.2) is 12.7 Å². The minimum absolute atomic E-state index is 0.0850. The normalized spacial score (nSPS) is 11.4. The van der Waals surface area contributed by atoms with Crippen molar-refractivity contribution in [3.63, 3.8) is 0 Å². The molecule has 0 aliphatic rings. The van der Waals surface area contributed by atoms with Crippen LogP contribution < -0.4 is 10.6 Å². The van der Waals surface area contributed by atoms with Crippen molar-refractivity contribution < 1.29 is 13.2 Å². The van der Waals surface area contributed by atoms with E-state index in [1.807, 2.05) is 37.4 Å². The van der Waals surface area contributed by atoms with Crippen LogP contribution in [0.2, 0.25) is 0 Å². The second-order valence-corrected chi connectivity index (χ2v) is 8.87. The molecule has 0 atom stereocenters. The van der Waals surface area contributed by atoms with E-state index in [4.69, 9.17) is 0 Å². The summed E-state index contributed by atoms with van der Waals surface area (Å²) in [6.07, 6.45) is 1.97. The van der Waals surface area contributed by atoms with E-state index in [-0.39, 0.29) is 17.3 Å². The molecule has 0 heterocycles. The zero-order chi connectivity index (χ0) is 19.3. The van der Waals surface area contributed by atoms with Crippen molar-refractivity contribution in [3.8, 4) is 0 Å². The molecule has 0 spiro atoms. The largest absolute Gasteiger partial charge is 0.375 e. The van der Waals surface area contributed by atoms with Crippen LogP contribution in [0.1, 0.15) is 5.56 Å². The van der Waals surface area contributed by atoms with Crippen LogP contribution in [-0.2, 0) is 14.8 Å². The van der Waals surface area contributed by atoms with E-state index < -0.39 is 10.0 Å². The number of aryl methyl sites for hydroxylation is 1. The predicted octanol–water partition coefficient (Wildman–Crippen LogP) is 3.02. The van der Waals surface area contributed by atoms with Gasteiger partial charge in [0, 0.05) is 30.4 Å². The van der Waals surface area contributed by atoms with Gasteiger partial charge < -0.3 is 10.6 Å². The zero-order valence-corrected chi connectivity index (χ0v) is 16.9. The first-order valence-corrected chi connectivity index (χ1v) is 10.6. The number of nitrogens with zero attached hydrogens (tertiary/aromatic N) is 1. The molecule has 0 saturated carbocycles. The molecule has 1 amide bonds. The highest BCUT2D eigenvalue weighted by molar-refractivity contribution is 7.98. The number of hydrogen-bond acceptors (Lipinski definition) is 5. The third-order valence-electron chi connectivity index (χ3n) is 3.81. The summed E-state index contributed by atoms with van der Waals surface area (Å²) in [5.74, 6) is -0.247. The Morgan fingerprint density at radius 1 is 1.12 bits per heavy atom. The lowest BCUT2D eigenvalue weighted by molar-refractivity contribution is -0.114. The molecule has 0 fully saturated rings. The number of hydrogen-bond donors (Lipinski definition) is 2. The Bertz CT molecular complexity index is 896. The second-order valence-electron chi connectivity index (χ2n) is 5.87. The van der Waals surface area contributed by atoms with Gasteiger partial charge in [0.05, 0.1) is 11.4 Å². The highest BCUT2D eigenvalue weighted by atomic mass is 32.2. The van der Waals surface area contributed by atoms with Crippen LogP contribution in [0.3, 0.4) is 0 Å². The van der Waals surface area contributed by atoms with Crippen molar-refractivity contribution in [1.29, 1.82) is 0 Å². The Balaban J connectivity index is 2.11. The van der Waals surface area contributed by atoms with Gasteiger partial charge >= 0.3 is 0 Å². The van der Waals surface area contributed by atoms with Crippen molar-refractivity contribution in [2.45, 2.75) is 16.7 Å². The fourth-order valence-electron chi connectivity index (χ4n) is 2.27. The average molecular weight is 394 g/mol. The minimum atomic E-state index is -3.55. The van der Waals surface area contributed by atoms with Crippen LogP contribution in [0.4, 0.5) is 11.4 Å². The second kappa shape index (κ2) is 8.57. The first kappa shape index (κ1) is 20.3. The van der Waals surface area contributed by atoms with Crippen LogP contribution in [0.5, 0.6) is 0 Å². The maximum absolute atomic E-state index is 12.3. The van der Waals surface area contributed by atoms with Crippen LogP contribution in [0.25, 0.3) is 0 Å². The van der Waals surface area contributed by atoms with Crippen LogP contribution >= 0.6 is 11.8 Å². The number of anilines is 2. The molecular weight excluding hydrogens is 370 g/mol. The van der Waals surface area contributed by atoms with E-state index in [0.717, 1.165) is 20.5 Å².